The van der Waals surface area contributed by atoms with Crippen molar-refractivity contribution < 1.29 is 0 Å². The van der Waals surface area contributed by atoms with Crippen LogP contribution >= 0.6 is 11.6 Å². The molecule has 1 aromatic carbocycles. The number of aryl methyl sites for hydroxylation is 1. The van der Waals surface area contributed by atoms with Crippen molar-refractivity contribution >= 4 is 17.3 Å². The molecule has 1 fully saturated rings. The zero-order valence-electron chi connectivity index (χ0n) is 13.5. The fourth-order valence-corrected chi connectivity index (χ4v) is 3.45. The molecule has 1 N–H and O–H groups in total. The van der Waals surface area contributed by atoms with Gasteiger partial charge in [-0.05, 0) is 37.5 Å². The van der Waals surface area contributed by atoms with Gasteiger partial charge < -0.3 is 5.32 Å². The smallest absolute Gasteiger partial charge is 0.0426 e. The van der Waals surface area contributed by atoms with Gasteiger partial charge in [-0.1, -0.05) is 75.5 Å². The Bertz CT molecular complexity index is 404. The second kappa shape index (κ2) is 9.35. The van der Waals surface area contributed by atoms with Crippen molar-refractivity contribution in [3.05, 3.63) is 28.8 Å². The summed E-state index contributed by atoms with van der Waals surface area (Å²) in [6.45, 7) is 2.16. The monoisotopic (exact) mass is 307 g/mol. The van der Waals surface area contributed by atoms with E-state index in [1.165, 1.54) is 81.9 Å². The van der Waals surface area contributed by atoms with Gasteiger partial charge in [0.05, 0.1) is 0 Å². The summed E-state index contributed by atoms with van der Waals surface area (Å²) in [5, 5.41) is 4.59. The molecule has 1 nitrogen and oxygen atoms in total. The van der Waals surface area contributed by atoms with Crippen molar-refractivity contribution in [1.82, 2.24) is 0 Å². The molecule has 1 aliphatic carbocycles. The first kappa shape index (κ1) is 16.7. The zero-order valence-corrected chi connectivity index (χ0v) is 14.2. The molecule has 0 heterocycles. The predicted molar refractivity (Wildman–Crippen MR) is 94.4 cm³/mol. The van der Waals surface area contributed by atoms with Crippen LogP contribution in [-0.2, 0) is 0 Å². The van der Waals surface area contributed by atoms with Gasteiger partial charge in [0.1, 0.15) is 0 Å². The molecule has 2 rings (SSSR count). The molecule has 0 saturated heterocycles. The summed E-state index contributed by atoms with van der Waals surface area (Å²) in [5.41, 5.74) is 2.52. The van der Waals surface area contributed by atoms with Gasteiger partial charge >= 0.3 is 0 Å². The van der Waals surface area contributed by atoms with E-state index in [1.807, 2.05) is 6.07 Å². The Morgan fingerprint density at radius 1 is 0.857 bits per heavy atom. The molecule has 1 saturated carbocycles. The lowest BCUT2D eigenvalue weighted by Gasteiger charge is -2.22. The maximum absolute atomic E-state index is 6.14. The summed E-state index contributed by atoms with van der Waals surface area (Å²) >= 11 is 6.14. The van der Waals surface area contributed by atoms with E-state index in [0.29, 0.717) is 6.04 Å². The predicted octanol–water partition coefficient (Wildman–Crippen LogP) is 6.73. The van der Waals surface area contributed by atoms with Crippen LogP contribution in [0, 0.1) is 6.92 Å². The average molecular weight is 308 g/mol. The lowest BCUT2D eigenvalue weighted by Crippen LogP contribution is -2.20. The Morgan fingerprint density at radius 3 is 1.95 bits per heavy atom. The van der Waals surface area contributed by atoms with Crippen LogP contribution in [0.15, 0.2) is 18.2 Å². The van der Waals surface area contributed by atoms with Gasteiger partial charge in [-0.15, -0.1) is 0 Å². The van der Waals surface area contributed by atoms with E-state index < -0.39 is 0 Å². The van der Waals surface area contributed by atoms with Crippen LogP contribution in [0.3, 0.4) is 0 Å². The van der Waals surface area contributed by atoms with Gasteiger partial charge in [0.15, 0.2) is 0 Å². The van der Waals surface area contributed by atoms with Gasteiger partial charge in [0, 0.05) is 16.8 Å². The van der Waals surface area contributed by atoms with Crippen LogP contribution in [0.5, 0.6) is 0 Å². The SMILES string of the molecule is Cc1ccc(Cl)cc1NC1CCCCCCCCCCC1. The Kier molecular flexibility index (Phi) is 7.43. The van der Waals surface area contributed by atoms with Gasteiger partial charge in [-0.2, -0.15) is 0 Å². The highest BCUT2D eigenvalue weighted by atomic mass is 35.5. The number of anilines is 1. The van der Waals surface area contributed by atoms with Gasteiger partial charge in [-0.3, -0.25) is 0 Å². The molecular weight excluding hydrogens is 278 g/mol. The minimum Gasteiger partial charge on any atom is -0.382 e. The van der Waals surface area contributed by atoms with Crippen LogP contribution in [-0.4, -0.2) is 6.04 Å². The van der Waals surface area contributed by atoms with Gasteiger partial charge in [-0.25, -0.2) is 0 Å². The lowest BCUT2D eigenvalue weighted by molar-refractivity contribution is 0.480. The third-order valence-corrected chi connectivity index (χ3v) is 4.90. The average Bonchev–Trinajstić information content (AvgIpc) is 2.45. The largest absolute Gasteiger partial charge is 0.382 e. The van der Waals surface area contributed by atoms with Crippen molar-refractivity contribution in [2.75, 3.05) is 5.32 Å². The maximum Gasteiger partial charge on any atom is 0.0426 e. The highest BCUT2D eigenvalue weighted by molar-refractivity contribution is 6.30. The first-order valence-corrected chi connectivity index (χ1v) is 9.16. The molecule has 0 radical (unpaired) electrons. The Hall–Kier alpha value is -0.690. The quantitative estimate of drug-likeness (QED) is 0.638. The molecule has 0 bridgehead atoms. The fraction of sp³-hybridized carbons (Fsp3) is 0.684. The summed E-state index contributed by atoms with van der Waals surface area (Å²) < 4.78 is 0. The highest BCUT2D eigenvalue weighted by Crippen LogP contribution is 2.24. The Balaban J connectivity index is 1.92. The van der Waals surface area contributed by atoms with Crippen LogP contribution in [0.4, 0.5) is 5.69 Å². The first-order valence-electron chi connectivity index (χ1n) is 8.78. The van der Waals surface area contributed by atoms with Crippen molar-refractivity contribution in [2.24, 2.45) is 0 Å². The van der Waals surface area contributed by atoms with Crippen molar-refractivity contribution in [1.29, 1.82) is 0 Å². The number of rotatable bonds is 2. The molecular formula is C19H30ClN. The van der Waals surface area contributed by atoms with Crippen LogP contribution in [0.25, 0.3) is 0 Å². The number of hydrogen-bond donors (Lipinski definition) is 1. The molecule has 0 aromatic heterocycles. The third kappa shape index (κ3) is 6.30. The van der Waals surface area contributed by atoms with Crippen LogP contribution in [0.1, 0.15) is 76.2 Å². The van der Waals surface area contributed by atoms with Crippen molar-refractivity contribution in [2.45, 2.75) is 83.6 Å². The summed E-state index contributed by atoms with van der Waals surface area (Å²) in [6.07, 6.45) is 15.3. The van der Waals surface area contributed by atoms with Crippen molar-refractivity contribution in [3.63, 3.8) is 0 Å². The number of hydrogen-bond acceptors (Lipinski definition) is 1. The van der Waals surface area contributed by atoms with E-state index in [9.17, 15) is 0 Å². The van der Waals surface area contributed by atoms with E-state index in [1.54, 1.807) is 0 Å². The molecule has 0 aliphatic heterocycles. The van der Waals surface area contributed by atoms with E-state index in [4.69, 9.17) is 11.6 Å². The normalized spacial score (nSPS) is 19.5. The molecule has 1 aliphatic rings. The maximum atomic E-state index is 6.14. The van der Waals surface area contributed by atoms with E-state index in [-0.39, 0.29) is 0 Å². The van der Waals surface area contributed by atoms with Gasteiger partial charge in [0.2, 0.25) is 0 Å². The van der Waals surface area contributed by atoms with E-state index >= 15 is 0 Å². The summed E-state index contributed by atoms with van der Waals surface area (Å²) in [6, 6.07) is 6.78. The minimum atomic E-state index is 0.613. The molecule has 0 unspecified atom stereocenters. The van der Waals surface area contributed by atoms with E-state index in [2.05, 4.69) is 24.4 Å². The molecule has 0 spiro atoms. The molecule has 0 amide bonds. The van der Waals surface area contributed by atoms with Crippen molar-refractivity contribution in [3.8, 4) is 0 Å². The summed E-state index contributed by atoms with van der Waals surface area (Å²) in [5.74, 6) is 0. The molecule has 2 heteroatoms. The molecule has 118 valence electrons. The second-order valence-corrected chi connectivity index (χ2v) is 7.00. The van der Waals surface area contributed by atoms with E-state index in [0.717, 1.165) is 5.02 Å². The standard InChI is InChI=1S/C19H30ClN/c1-16-13-14-17(20)15-19(16)21-18-11-9-7-5-3-2-4-6-8-10-12-18/h13-15,18,21H,2-12H2,1H3. The molecule has 1 aromatic rings. The second-order valence-electron chi connectivity index (χ2n) is 6.56. The Labute approximate surface area is 135 Å². The first-order chi connectivity index (χ1) is 10.3. The topological polar surface area (TPSA) is 12.0 Å². The summed E-state index contributed by atoms with van der Waals surface area (Å²) in [7, 11) is 0. The number of halogens is 1. The zero-order chi connectivity index (χ0) is 14.9. The number of nitrogens with one attached hydrogen (secondary N) is 1. The number of benzene rings is 1. The molecule has 21 heavy (non-hydrogen) atoms. The van der Waals surface area contributed by atoms with Crippen LogP contribution < -0.4 is 5.32 Å². The lowest BCUT2D eigenvalue weighted by atomic mass is 9.97. The third-order valence-electron chi connectivity index (χ3n) is 4.66. The minimum absolute atomic E-state index is 0.613. The molecule has 0 atom stereocenters. The Morgan fingerprint density at radius 2 is 1.38 bits per heavy atom. The van der Waals surface area contributed by atoms with Crippen LogP contribution in [0.2, 0.25) is 5.02 Å². The summed E-state index contributed by atoms with van der Waals surface area (Å²) in [4.78, 5) is 0. The fourth-order valence-electron chi connectivity index (χ4n) is 3.28. The van der Waals surface area contributed by atoms with Gasteiger partial charge in [0.25, 0.3) is 0 Å². The highest BCUT2D eigenvalue weighted by Gasteiger charge is 2.11.